The van der Waals surface area contributed by atoms with E-state index >= 15 is 0 Å². The summed E-state index contributed by atoms with van der Waals surface area (Å²) in [6.07, 6.45) is 8.96. The number of hydrogen-bond donors (Lipinski definition) is 0. The average Bonchev–Trinajstić information content (AvgIpc) is 1.83. The van der Waals surface area contributed by atoms with Crippen molar-refractivity contribution in [3.63, 3.8) is 0 Å². The first-order valence-electron chi connectivity index (χ1n) is 3.33. The summed E-state index contributed by atoms with van der Waals surface area (Å²) < 4.78 is 0. The van der Waals surface area contributed by atoms with E-state index in [2.05, 4.69) is 24.3 Å². The molecule has 0 spiro atoms. The molecule has 0 fully saturated rings. The highest BCUT2D eigenvalue weighted by Crippen LogP contribution is 2.35. The van der Waals surface area contributed by atoms with Crippen LogP contribution in [-0.2, 0) is 0 Å². The molecule has 0 saturated carbocycles. The van der Waals surface area contributed by atoms with Gasteiger partial charge in [0.25, 0.3) is 0 Å². The van der Waals surface area contributed by atoms with Crippen molar-refractivity contribution in [1.29, 1.82) is 0 Å². The highest BCUT2D eigenvalue weighted by Gasteiger charge is 2.24. The summed E-state index contributed by atoms with van der Waals surface area (Å²) in [5.74, 6) is 1.70. The van der Waals surface area contributed by atoms with Gasteiger partial charge in [-0.1, -0.05) is 38.2 Å². The van der Waals surface area contributed by atoms with Crippen molar-refractivity contribution in [2.75, 3.05) is 0 Å². The molecule has 8 heavy (non-hydrogen) atoms. The molecule has 0 nitrogen and oxygen atoms in total. The number of rotatable bonds is 0. The fraction of sp³-hybridized carbons (Fsp3) is 0.500. The van der Waals surface area contributed by atoms with Gasteiger partial charge in [-0.15, -0.1) is 0 Å². The summed E-state index contributed by atoms with van der Waals surface area (Å²) in [5, 5.41) is 0. The number of hydrogen-bond acceptors (Lipinski definition) is 0. The van der Waals surface area contributed by atoms with Crippen LogP contribution in [0.2, 0.25) is 0 Å². The second-order valence-corrected chi connectivity index (χ2v) is 1.92. The van der Waals surface area contributed by atoms with Gasteiger partial charge in [0.15, 0.2) is 0 Å². The predicted molar refractivity (Wildman–Crippen MR) is 36.6 cm³/mol. The van der Waals surface area contributed by atoms with Crippen molar-refractivity contribution in [2.24, 2.45) is 11.8 Å². The first-order chi connectivity index (χ1) is 3.97. The van der Waals surface area contributed by atoms with Gasteiger partial charge in [-0.25, -0.2) is 0 Å². The highest BCUT2D eigenvalue weighted by molar-refractivity contribution is 5.30. The van der Waals surface area contributed by atoms with Crippen molar-refractivity contribution in [3.8, 4) is 0 Å². The van der Waals surface area contributed by atoms with Gasteiger partial charge in [0, 0.05) is 11.8 Å². The van der Waals surface area contributed by atoms with Crippen molar-refractivity contribution in [2.45, 2.75) is 13.8 Å². The van der Waals surface area contributed by atoms with Gasteiger partial charge >= 0.3 is 0 Å². The van der Waals surface area contributed by atoms with E-state index in [1.807, 2.05) is 13.8 Å². The van der Waals surface area contributed by atoms with Crippen molar-refractivity contribution in [3.05, 3.63) is 24.3 Å². The Balaban J connectivity index is 0.000000147. The second kappa shape index (κ2) is 2.17. The van der Waals surface area contributed by atoms with Crippen LogP contribution in [0.15, 0.2) is 24.3 Å². The topological polar surface area (TPSA) is 0 Å². The van der Waals surface area contributed by atoms with E-state index in [4.69, 9.17) is 0 Å². The van der Waals surface area contributed by atoms with Gasteiger partial charge in [0.1, 0.15) is 0 Å². The third kappa shape index (κ3) is 0.605. The summed E-state index contributed by atoms with van der Waals surface area (Å²) in [5.41, 5.74) is 0. The molecule has 0 bridgehead atoms. The molecule has 44 valence electrons. The maximum Gasteiger partial charge on any atom is 0.00446 e. The first kappa shape index (κ1) is 5.61. The van der Waals surface area contributed by atoms with Crippen molar-refractivity contribution >= 4 is 0 Å². The predicted octanol–water partition coefficient (Wildman–Crippen LogP) is 2.38. The average molecular weight is 108 g/mol. The molecular formula is C8H12. The van der Waals surface area contributed by atoms with E-state index in [0.717, 1.165) is 11.8 Å². The van der Waals surface area contributed by atoms with Gasteiger partial charge in [-0.2, -0.15) is 0 Å². The first-order valence-corrected chi connectivity index (χ1v) is 3.33. The van der Waals surface area contributed by atoms with Crippen LogP contribution in [0.1, 0.15) is 13.8 Å². The monoisotopic (exact) mass is 108 g/mol. The molecule has 0 saturated heterocycles. The van der Waals surface area contributed by atoms with Crippen LogP contribution in [0.5, 0.6) is 0 Å². The van der Waals surface area contributed by atoms with Crippen LogP contribution < -0.4 is 0 Å². The van der Waals surface area contributed by atoms with Crippen LogP contribution in [0.4, 0.5) is 0 Å². The molecule has 0 atom stereocenters. The van der Waals surface area contributed by atoms with Crippen molar-refractivity contribution in [1.82, 2.24) is 0 Å². The third-order valence-corrected chi connectivity index (χ3v) is 1.56. The summed E-state index contributed by atoms with van der Waals surface area (Å²) >= 11 is 0. The molecule has 0 amide bonds. The maximum absolute atomic E-state index is 2.24. The van der Waals surface area contributed by atoms with Gasteiger partial charge in [0.2, 0.25) is 0 Å². The quantitative estimate of drug-likeness (QED) is 0.418. The van der Waals surface area contributed by atoms with Crippen LogP contribution >= 0.6 is 0 Å². The lowest BCUT2D eigenvalue weighted by Crippen LogP contribution is -2.21. The lowest BCUT2D eigenvalue weighted by Gasteiger charge is -2.31. The molecule has 0 aromatic heterocycles. The summed E-state index contributed by atoms with van der Waals surface area (Å²) in [4.78, 5) is 0. The van der Waals surface area contributed by atoms with E-state index < -0.39 is 0 Å². The van der Waals surface area contributed by atoms with Gasteiger partial charge in [0.05, 0.1) is 0 Å². The standard InChI is InChI=1S/C6H6.C2H6/c1-2-6-4-3-5(1)6;1-2/h1-6H;1-2H3. The molecule has 2 aliphatic rings. The maximum atomic E-state index is 2.24. The zero-order valence-corrected chi connectivity index (χ0v) is 5.46. The Morgan fingerprint density at radius 2 is 1.00 bits per heavy atom. The molecule has 2 aliphatic carbocycles. The Hall–Kier alpha value is -0.520. The zero-order chi connectivity index (χ0) is 5.98. The summed E-state index contributed by atoms with van der Waals surface area (Å²) in [7, 11) is 0. The fourth-order valence-electron chi connectivity index (χ4n) is 0.864. The van der Waals surface area contributed by atoms with E-state index in [9.17, 15) is 0 Å². The van der Waals surface area contributed by atoms with E-state index in [1.165, 1.54) is 0 Å². The minimum atomic E-state index is 0.852. The van der Waals surface area contributed by atoms with E-state index in [0.29, 0.717) is 0 Å². The smallest absolute Gasteiger partial charge is 0.00446 e. The van der Waals surface area contributed by atoms with Gasteiger partial charge < -0.3 is 0 Å². The van der Waals surface area contributed by atoms with Crippen LogP contribution in [-0.4, -0.2) is 0 Å². The molecular weight excluding hydrogens is 96.1 g/mol. The molecule has 0 aromatic rings. The Kier molecular flexibility index (Phi) is 1.52. The molecule has 0 unspecified atom stereocenters. The Labute approximate surface area is 50.9 Å². The number of allylic oxidation sites excluding steroid dienone is 4. The third-order valence-electron chi connectivity index (χ3n) is 1.56. The lowest BCUT2D eigenvalue weighted by molar-refractivity contribution is 0.549. The molecule has 2 rings (SSSR count). The van der Waals surface area contributed by atoms with Crippen LogP contribution in [0.25, 0.3) is 0 Å². The minimum absolute atomic E-state index is 0.852. The van der Waals surface area contributed by atoms with E-state index in [-0.39, 0.29) is 0 Å². The van der Waals surface area contributed by atoms with Gasteiger partial charge in [-0.05, 0) is 0 Å². The molecule has 0 aliphatic heterocycles. The lowest BCUT2D eigenvalue weighted by atomic mass is 9.74. The summed E-state index contributed by atoms with van der Waals surface area (Å²) in [6, 6.07) is 0. The molecule has 0 heterocycles. The van der Waals surface area contributed by atoms with E-state index in [1.54, 1.807) is 0 Å². The Morgan fingerprint density at radius 3 is 1.00 bits per heavy atom. The molecule has 0 N–H and O–H groups in total. The highest BCUT2D eigenvalue weighted by atomic mass is 14.3. The molecule has 0 aromatic carbocycles. The van der Waals surface area contributed by atoms with Crippen LogP contribution in [0.3, 0.4) is 0 Å². The number of fused-ring (bicyclic) bond motifs is 1. The van der Waals surface area contributed by atoms with Gasteiger partial charge in [-0.3, -0.25) is 0 Å². The fourth-order valence-corrected chi connectivity index (χ4v) is 0.864. The molecule has 0 heteroatoms. The Bertz CT molecular complexity index is 92.0. The summed E-state index contributed by atoms with van der Waals surface area (Å²) in [6.45, 7) is 4.00. The second-order valence-electron chi connectivity index (χ2n) is 1.92. The van der Waals surface area contributed by atoms with Crippen molar-refractivity contribution < 1.29 is 0 Å². The minimum Gasteiger partial charge on any atom is -0.0801 e. The zero-order valence-electron chi connectivity index (χ0n) is 5.46. The largest absolute Gasteiger partial charge is 0.0801 e. The van der Waals surface area contributed by atoms with Crippen LogP contribution in [0, 0.1) is 11.8 Å². The SMILES string of the molecule is C1=CC2C=CC12.CC. The molecule has 0 radical (unpaired) electrons. The normalized spacial score (nSPS) is 35.8. The Morgan fingerprint density at radius 1 is 0.750 bits per heavy atom.